The molecular formula is C22H23N7O2. The predicted octanol–water partition coefficient (Wildman–Crippen LogP) is 2.20. The van der Waals surface area contributed by atoms with E-state index >= 15 is 0 Å². The average Bonchev–Trinajstić information content (AvgIpc) is 3.43. The van der Waals surface area contributed by atoms with Crippen molar-refractivity contribution in [3.8, 4) is 11.3 Å². The van der Waals surface area contributed by atoms with Crippen LogP contribution in [0.25, 0.3) is 22.2 Å². The van der Waals surface area contributed by atoms with E-state index < -0.39 is 0 Å². The number of hydrogen-bond acceptors (Lipinski definition) is 8. The van der Waals surface area contributed by atoms with Crippen molar-refractivity contribution >= 4 is 22.7 Å². The molecule has 0 radical (unpaired) electrons. The molecule has 0 atom stereocenters. The van der Waals surface area contributed by atoms with Crippen molar-refractivity contribution in [3.05, 3.63) is 54.4 Å². The van der Waals surface area contributed by atoms with Crippen LogP contribution in [0.5, 0.6) is 0 Å². The number of nitrogens with zero attached hydrogens (tertiary/aromatic N) is 7. The average molecular weight is 417 g/mol. The molecule has 5 rings (SSSR count). The Morgan fingerprint density at radius 1 is 1.06 bits per heavy atom. The standard InChI is InChI=1S/C22H23N7O2/c1-27-5-7-29(8-6-27)22-24-13-21(31-22)20(30)10-17-9-19-15(11-23-17)3-4-18(26-19)16-12-25-28(2)14-16/h3-4,9,11-14H,5-8,10H2,1-2H3. The number of Topliss-reactive ketones (excluding diaryl/α,β-unsaturated/α-hetero) is 1. The number of ketones is 1. The Morgan fingerprint density at radius 2 is 1.90 bits per heavy atom. The Morgan fingerprint density at radius 3 is 2.68 bits per heavy atom. The number of rotatable bonds is 5. The van der Waals surface area contributed by atoms with Gasteiger partial charge in [-0.3, -0.25) is 14.5 Å². The molecule has 1 fully saturated rings. The second-order valence-corrected chi connectivity index (χ2v) is 7.86. The maximum atomic E-state index is 12.8. The second-order valence-electron chi connectivity index (χ2n) is 7.86. The van der Waals surface area contributed by atoms with Crippen LogP contribution >= 0.6 is 0 Å². The van der Waals surface area contributed by atoms with Crippen LogP contribution < -0.4 is 4.90 Å². The first-order valence-corrected chi connectivity index (χ1v) is 10.2. The molecule has 0 amide bonds. The molecule has 0 spiro atoms. The zero-order valence-corrected chi connectivity index (χ0v) is 17.5. The van der Waals surface area contributed by atoms with Gasteiger partial charge in [0.15, 0.2) is 5.76 Å². The Hall–Kier alpha value is -3.59. The SMILES string of the molecule is CN1CCN(c2ncc(C(=O)Cc3cc4nc(-c5cnn(C)c5)ccc4cn3)o2)CC1. The first-order valence-electron chi connectivity index (χ1n) is 10.2. The number of pyridine rings is 2. The normalized spacial score (nSPS) is 15.0. The van der Waals surface area contributed by atoms with Crippen molar-refractivity contribution in [2.75, 3.05) is 38.1 Å². The third kappa shape index (κ3) is 4.04. The molecule has 0 unspecified atom stereocenters. The summed E-state index contributed by atoms with van der Waals surface area (Å²) in [6, 6.07) is 6.28. The number of oxazole rings is 1. The van der Waals surface area contributed by atoms with Crippen molar-refractivity contribution in [1.29, 1.82) is 0 Å². The van der Waals surface area contributed by atoms with Crippen LogP contribution in [0.3, 0.4) is 0 Å². The summed E-state index contributed by atoms with van der Waals surface area (Å²) < 4.78 is 7.49. The summed E-state index contributed by atoms with van der Waals surface area (Å²) >= 11 is 0. The lowest BCUT2D eigenvalue weighted by Crippen LogP contribution is -2.44. The Kier molecular flexibility index (Phi) is 4.95. The predicted molar refractivity (Wildman–Crippen MR) is 116 cm³/mol. The monoisotopic (exact) mass is 417 g/mol. The van der Waals surface area contributed by atoms with E-state index in [9.17, 15) is 4.79 Å². The number of anilines is 1. The van der Waals surface area contributed by atoms with Crippen molar-refractivity contribution in [3.63, 3.8) is 0 Å². The van der Waals surface area contributed by atoms with Gasteiger partial charge in [-0.25, -0.2) is 9.97 Å². The van der Waals surface area contributed by atoms with E-state index in [4.69, 9.17) is 9.40 Å². The van der Waals surface area contributed by atoms with Gasteiger partial charge >= 0.3 is 0 Å². The number of aromatic nitrogens is 5. The molecule has 158 valence electrons. The molecule has 31 heavy (non-hydrogen) atoms. The van der Waals surface area contributed by atoms with E-state index in [1.165, 1.54) is 6.20 Å². The number of hydrogen-bond donors (Lipinski definition) is 0. The van der Waals surface area contributed by atoms with Crippen molar-refractivity contribution < 1.29 is 9.21 Å². The maximum Gasteiger partial charge on any atom is 0.297 e. The highest BCUT2D eigenvalue weighted by Gasteiger charge is 2.21. The van der Waals surface area contributed by atoms with Crippen molar-refractivity contribution in [2.45, 2.75) is 6.42 Å². The van der Waals surface area contributed by atoms with Gasteiger partial charge in [-0.2, -0.15) is 5.10 Å². The van der Waals surface area contributed by atoms with E-state index in [1.54, 1.807) is 17.1 Å². The fraction of sp³-hybridized carbons (Fsp3) is 0.318. The van der Waals surface area contributed by atoms with Gasteiger partial charge in [0, 0.05) is 56.6 Å². The van der Waals surface area contributed by atoms with E-state index in [2.05, 4.69) is 31.9 Å². The van der Waals surface area contributed by atoms with Crippen LogP contribution in [0.2, 0.25) is 0 Å². The third-order valence-electron chi connectivity index (χ3n) is 5.51. The molecule has 1 aliphatic rings. The van der Waals surface area contributed by atoms with E-state index in [0.717, 1.165) is 48.3 Å². The number of likely N-dealkylation sites (N-methyl/N-ethyl adjacent to an activating group) is 1. The molecule has 1 aliphatic heterocycles. The highest BCUT2D eigenvalue weighted by Crippen LogP contribution is 2.22. The van der Waals surface area contributed by atoms with Gasteiger partial charge in [-0.1, -0.05) is 0 Å². The molecule has 0 saturated carbocycles. The Bertz CT molecular complexity index is 1240. The summed E-state index contributed by atoms with van der Waals surface area (Å²) in [5.74, 6) is 0.107. The molecule has 4 aromatic rings. The fourth-order valence-corrected chi connectivity index (χ4v) is 3.66. The van der Waals surface area contributed by atoms with Gasteiger partial charge in [0.05, 0.1) is 35.7 Å². The van der Waals surface area contributed by atoms with E-state index in [-0.39, 0.29) is 18.0 Å². The minimum absolute atomic E-state index is 0.131. The number of carbonyl (C=O) groups is 1. The number of fused-ring (bicyclic) bond motifs is 1. The van der Waals surface area contributed by atoms with Crippen LogP contribution in [-0.2, 0) is 13.5 Å². The van der Waals surface area contributed by atoms with Gasteiger partial charge in [-0.15, -0.1) is 0 Å². The van der Waals surface area contributed by atoms with Crippen LogP contribution in [0.1, 0.15) is 16.2 Å². The first-order chi connectivity index (χ1) is 15.0. The smallest absolute Gasteiger partial charge is 0.297 e. The lowest BCUT2D eigenvalue weighted by molar-refractivity contribution is 0.0965. The lowest BCUT2D eigenvalue weighted by atomic mass is 10.1. The largest absolute Gasteiger partial charge is 0.420 e. The van der Waals surface area contributed by atoms with Gasteiger partial charge in [0.25, 0.3) is 6.01 Å². The molecule has 9 nitrogen and oxygen atoms in total. The van der Waals surface area contributed by atoms with Crippen LogP contribution in [0, 0.1) is 0 Å². The van der Waals surface area contributed by atoms with Crippen molar-refractivity contribution in [1.82, 2.24) is 29.6 Å². The third-order valence-corrected chi connectivity index (χ3v) is 5.51. The zero-order chi connectivity index (χ0) is 21.4. The second kappa shape index (κ2) is 7.92. The number of piperazine rings is 1. The lowest BCUT2D eigenvalue weighted by Gasteiger charge is -2.31. The minimum Gasteiger partial charge on any atom is -0.420 e. The van der Waals surface area contributed by atoms with Crippen molar-refractivity contribution in [2.24, 2.45) is 7.05 Å². The highest BCUT2D eigenvalue weighted by molar-refractivity contribution is 5.95. The molecule has 0 aromatic carbocycles. The zero-order valence-electron chi connectivity index (χ0n) is 17.5. The van der Waals surface area contributed by atoms with Gasteiger partial charge in [0.1, 0.15) is 0 Å². The number of carbonyl (C=O) groups excluding carboxylic acids is 1. The van der Waals surface area contributed by atoms with Gasteiger partial charge in [-0.05, 0) is 25.2 Å². The minimum atomic E-state index is -0.150. The summed E-state index contributed by atoms with van der Waals surface area (Å²) in [4.78, 5) is 30.5. The fourth-order valence-electron chi connectivity index (χ4n) is 3.66. The molecule has 9 heteroatoms. The topological polar surface area (TPSA) is 93.2 Å². The maximum absolute atomic E-state index is 12.8. The Labute approximate surface area is 179 Å². The summed E-state index contributed by atoms with van der Waals surface area (Å²) in [6.07, 6.45) is 7.08. The number of aryl methyl sites for hydroxylation is 1. The van der Waals surface area contributed by atoms with Crippen LogP contribution in [0.4, 0.5) is 6.01 Å². The Balaban J connectivity index is 1.33. The molecular weight excluding hydrogens is 394 g/mol. The van der Waals surface area contributed by atoms with Crippen LogP contribution in [0.15, 0.2) is 47.4 Å². The molecule has 0 aliphatic carbocycles. The molecule has 1 saturated heterocycles. The summed E-state index contributed by atoms with van der Waals surface area (Å²) in [5, 5.41) is 5.12. The molecule has 5 heterocycles. The van der Waals surface area contributed by atoms with E-state index in [1.807, 2.05) is 31.4 Å². The summed E-state index contributed by atoms with van der Waals surface area (Å²) in [7, 11) is 3.96. The quantitative estimate of drug-likeness (QED) is 0.456. The first kappa shape index (κ1) is 19.4. The molecule has 0 bridgehead atoms. The molecule has 0 N–H and O–H groups in total. The highest BCUT2D eigenvalue weighted by atomic mass is 16.4. The summed E-state index contributed by atoms with van der Waals surface area (Å²) in [6.45, 7) is 3.56. The summed E-state index contributed by atoms with van der Waals surface area (Å²) in [5.41, 5.74) is 3.20. The van der Waals surface area contributed by atoms with Gasteiger partial charge < -0.3 is 14.2 Å². The van der Waals surface area contributed by atoms with Gasteiger partial charge in [0.2, 0.25) is 5.78 Å². The van der Waals surface area contributed by atoms with E-state index in [0.29, 0.717) is 11.7 Å². The molecule has 4 aromatic heterocycles. The van der Waals surface area contributed by atoms with Crippen LogP contribution in [-0.4, -0.2) is 68.6 Å².